The van der Waals surface area contributed by atoms with Gasteiger partial charge in [-0.15, -0.1) is 11.8 Å². The van der Waals surface area contributed by atoms with Crippen molar-refractivity contribution in [2.45, 2.75) is 23.9 Å². The number of hydrogen-bond donors (Lipinski definition) is 2. The first kappa shape index (κ1) is 24.4. The van der Waals surface area contributed by atoms with Gasteiger partial charge in [0.1, 0.15) is 22.9 Å². The molecule has 0 aliphatic carbocycles. The molecule has 2 aromatic carbocycles. The van der Waals surface area contributed by atoms with E-state index < -0.39 is 41.3 Å². The van der Waals surface area contributed by atoms with Crippen molar-refractivity contribution in [1.29, 1.82) is 0 Å². The molecule has 0 bridgehead atoms. The maximum absolute atomic E-state index is 13.5. The van der Waals surface area contributed by atoms with Gasteiger partial charge in [-0.25, -0.2) is 9.59 Å². The largest absolute Gasteiger partial charge is 0.478 e. The highest BCUT2D eigenvalue weighted by atomic mass is 32.2. The Morgan fingerprint density at radius 1 is 1.03 bits per heavy atom. The van der Waals surface area contributed by atoms with Crippen molar-refractivity contribution in [2.75, 3.05) is 5.75 Å². The number of amides is 2. The summed E-state index contributed by atoms with van der Waals surface area (Å²) in [6.45, 7) is 0. The maximum atomic E-state index is 13.5. The van der Waals surface area contributed by atoms with E-state index in [0.717, 1.165) is 16.7 Å². The highest BCUT2D eigenvalue weighted by Gasteiger charge is 2.55. The molecular weight excluding hydrogens is 496 g/mol. The average Bonchev–Trinajstić information content (AvgIpc) is 3.43. The number of aliphatic carboxylic acids is 1. The first-order chi connectivity index (χ1) is 17.9. The van der Waals surface area contributed by atoms with E-state index in [1.54, 1.807) is 36.4 Å². The molecule has 1 saturated heterocycles. The zero-order valence-corrected chi connectivity index (χ0v) is 20.2. The second-order valence-corrected chi connectivity index (χ2v) is 9.56. The van der Waals surface area contributed by atoms with Gasteiger partial charge in [0.15, 0.2) is 6.10 Å². The monoisotopic (exact) mass is 518 g/mol. The van der Waals surface area contributed by atoms with Gasteiger partial charge in [0.05, 0.1) is 18.3 Å². The van der Waals surface area contributed by atoms with Gasteiger partial charge in [-0.05, 0) is 23.3 Å². The first-order valence-corrected chi connectivity index (χ1v) is 12.5. The lowest BCUT2D eigenvalue weighted by molar-refractivity contribution is -0.155. The molecule has 1 fully saturated rings. The minimum atomic E-state index is -1.31. The summed E-state index contributed by atoms with van der Waals surface area (Å²) < 4.78 is 11.0. The number of benzene rings is 2. The second-order valence-electron chi connectivity index (χ2n) is 8.45. The molecule has 9 nitrogen and oxygen atoms in total. The highest BCUT2D eigenvalue weighted by Crippen LogP contribution is 2.41. The van der Waals surface area contributed by atoms with E-state index in [9.17, 15) is 24.3 Å². The normalized spacial score (nSPS) is 18.7. The third-order valence-electron chi connectivity index (χ3n) is 6.08. The fourth-order valence-corrected chi connectivity index (χ4v) is 5.65. The van der Waals surface area contributed by atoms with Gasteiger partial charge in [-0.1, -0.05) is 60.7 Å². The minimum Gasteiger partial charge on any atom is -0.478 e. The molecule has 2 aliphatic rings. The Bertz CT molecular complexity index is 1320. The van der Waals surface area contributed by atoms with E-state index in [-0.39, 0.29) is 23.4 Å². The summed E-state index contributed by atoms with van der Waals surface area (Å²) in [5, 5.41) is 11.8. The third kappa shape index (κ3) is 4.88. The van der Waals surface area contributed by atoms with Crippen molar-refractivity contribution >= 4 is 35.5 Å². The fourth-order valence-electron chi connectivity index (χ4n) is 4.32. The molecule has 1 unspecified atom stereocenters. The van der Waals surface area contributed by atoms with Crippen LogP contribution >= 0.6 is 11.8 Å². The summed E-state index contributed by atoms with van der Waals surface area (Å²) in [6.07, 6.45) is 0.588. The number of carboxylic acids is 1. The Balaban J connectivity index is 1.39. The van der Waals surface area contributed by atoms with Crippen LogP contribution in [-0.4, -0.2) is 50.9 Å². The SMILES string of the molecule is O=C(Cc1ccco1)NC1C(=O)N2C(C(=O)OC(c3ccccc3)c3ccccc3)=C(C(=O)O)CS[C@H]12. The smallest absolute Gasteiger partial charge is 0.356 e. The van der Waals surface area contributed by atoms with Crippen LogP contribution in [0.15, 0.2) is 94.7 Å². The molecule has 0 radical (unpaired) electrons. The number of carbonyl (C=O) groups excluding carboxylic acids is 3. The summed E-state index contributed by atoms with van der Waals surface area (Å²) in [7, 11) is 0. The van der Waals surface area contributed by atoms with Crippen molar-refractivity contribution in [1.82, 2.24) is 10.2 Å². The number of esters is 1. The number of carbonyl (C=O) groups is 4. The number of furan rings is 1. The van der Waals surface area contributed by atoms with Gasteiger partial charge in [0, 0.05) is 5.75 Å². The predicted octanol–water partition coefficient (Wildman–Crippen LogP) is 2.89. The summed E-state index contributed by atoms with van der Waals surface area (Å²) in [5.41, 5.74) is 0.855. The molecule has 0 saturated carbocycles. The Morgan fingerprint density at radius 3 is 2.24 bits per heavy atom. The Hall–Kier alpha value is -4.31. The molecule has 2 aliphatic heterocycles. The Kier molecular flexibility index (Phi) is 6.82. The van der Waals surface area contributed by atoms with Crippen LogP contribution < -0.4 is 5.32 Å². The molecule has 2 amide bonds. The fraction of sp³-hybridized carbons (Fsp3) is 0.185. The summed E-state index contributed by atoms with van der Waals surface area (Å²) >= 11 is 1.16. The summed E-state index contributed by atoms with van der Waals surface area (Å²) in [5.74, 6) is -2.81. The Morgan fingerprint density at radius 2 is 1.68 bits per heavy atom. The van der Waals surface area contributed by atoms with Crippen LogP contribution in [0, 0.1) is 0 Å². The van der Waals surface area contributed by atoms with Crippen LogP contribution in [0.5, 0.6) is 0 Å². The molecule has 1 aromatic heterocycles. The van der Waals surface area contributed by atoms with Crippen LogP contribution in [0.3, 0.4) is 0 Å². The van der Waals surface area contributed by atoms with Crippen molar-refractivity contribution in [3.63, 3.8) is 0 Å². The van der Waals surface area contributed by atoms with Gasteiger partial charge >= 0.3 is 11.9 Å². The predicted molar refractivity (Wildman–Crippen MR) is 133 cm³/mol. The molecule has 2 N–H and O–H groups in total. The van der Waals surface area contributed by atoms with E-state index in [0.29, 0.717) is 16.9 Å². The Labute approximate surface area is 216 Å². The molecule has 3 aromatic rings. The first-order valence-electron chi connectivity index (χ1n) is 11.5. The molecule has 0 spiro atoms. The molecule has 10 heteroatoms. The molecule has 37 heavy (non-hydrogen) atoms. The van der Waals surface area contributed by atoms with Crippen molar-refractivity contribution in [3.05, 3.63) is 107 Å². The van der Waals surface area contributed by atoms with E-state index in [1.165, 1.54) is 6.26 Å². The van der Waals surface area contributed by atoms with E-state index >= 15 is 0 Å². The molecule has 3 heterocycles. The number of ether oxygens (including phenoxy) is 1. The van der Waals surface area contributed by atoms with Crippen molar-refractivity contribution < 1.29 is 33.4 Å². The number of rotatable bonds is 8. The van der Waals surface area contributed by atoms with Crippen molar-refractivity contribution in [3.8, 4) is 0 Å². The van der Waals surface area contributed by atoms with Gasteiger partial charge in [0.25, 0.3) is 5.91 Å². The van der Waals surface area contributed by atoms with E-state index in [4.69, 9.17) is 9.15 Å². The number of nitrogens with zero attached hydrogens (tertiary/aromatic N) is 1. The number of nitrogens with one attached hydrogen (secondary N) is 1. The van der Waals surface area contributed by atoms with Crippen LogP contribution in [-0.2, 0) is 30.3 Å². The molecular formula is C27H22N2O7S. The van der Waals surface area contributed by atoms with Crippen LogP contribution in [0.1, 0.15) is 23.0 Å². The quantitative estimate of drug-likeness (QED) is 0.344. The van der Waals surface area contributed by atoms with Gasteiger partial charge in [-0.2, -0.15) is 0 Å². The van der Waals surface area contributed by atoms with Gasteiger partial charge in [-0.3, -0.25) is 14.5 Å². The lowest BCUT2D eigenvalue weighted by atomic mass is 10.0. The third-order valence-corrected chi connectivity index (χ3v) is 7.36. The van der Waals surface area contributed by atoms with Crippen LogP contribution in [0.4, 0.5) is 0 Å². The molecule has 2 atom stereocenters. The highest BCUT2D eigenvalue weighted by molar-refractivity contribution is 8.00. The zero-order valence-electron chi connectivity index (χ0n) is 19.4. The van der Waals surface area contributed by atoms with Gasteiger partial charge in [0.2, 0.25) is 5.91 Å². The second kappa shape index (κ2) is 10.4. The van der Waals surface area contributed by atoms with E-state index in [2.05, 4.69) is 5.32 Å². The number of thioether (sulfide) groups is 1. The summed E-state index contributed by atoms with van der Waals surface area (Å²) in [6, 6.07) is 20.5. The van der Waals surface area contributed by atoms with Gasteiger partial charge < -0.3 is 19.6 Å². The minimum absolute atomic E-state index is 0.0277. The topological polar surface area (TPSA) is 126 Å². The lowest BCUT2D eigenvalue weighted by Crippen LogP contribution is -2.70. The number of β-lactam (4-membered cyclic amide) rings is 1. The summed E-state index contributed by atoms with van der Waals surface area (Å²) in [4.78, 5) is 52.1. The molecule has 188 valence electrons. The van der Waals surface area contributed by atoms with E-state index in [1.807, 2.05) is 36.4 Å². The van der Waals surface area contributed by atoms with Crippen LogP contribution in [0.2, 0.25) is 0 Å². The maximum Gasteiger partial charge on any atom is 0.356 e. The van der Waals surface area contributed by atoms with Crippen LogP contribution in [0.25, 0.3) is 0 Å². The lowest BCUT2D eigenvalue weighted by Gasteiger charge is -2.49. The number of carboxylic acid groups (broad SMARTS) is 1. The standard InChI is InChI=1S/C27H22N2O7S/c30-20(14-18-12-7-13-35-18)28-21-24(31)29-22(19(26(32)33)15-37-25(21)29)27(34)36-23(16-8-3-1-4-9-16)17-10-5-2-6-11-17/h1-13,21,23,25H,14-15H2,(H,28,30)(H,32,33)/t21?,25-/m1/s1. The zero-order chi connectivity index (χ0) is 25.9. The average molecular weight is 519 g/mol. The number of fused-ring (bicyclic) bond motifs is 1. The van der Waals surface area contributed by atoms with Crippen molar-refractivity contribution in [2.24, 2.45) is 0 Å². The molecule has 5 rings (SSSR count). The number of hydrogen-bond acceptors (Lipinski definition) is 7.